The maximum absolute atomic E-state index is 5.71. The minimum atomic E-state index is 0.264. The minimum Gasteiger partial charge on any atom is -0.475 e. The predicted octanol–water partition coefficient (Wildman–Crippen LogP) is 3.49. The fraction of sp³-hybridized carbons (Fsp3) is 0.455. The molecule has 0 radical (unpaired) electrons. The highest BCUT2D eigenvalue weighted by atomic mass is 32.2. The third-order valence-corrected chi connectivity index (χ3v) is 6.08. The van der Waals surface area contributed by atoms with E-state index in [4.69, 9.17) is 14.5 Å². The summed E-state index contributed by atoms with van der Waals surface area (Å²) in [7, 11) is 1.66. The van der Waals surface area contributed by atoms with Crippen molar-refractivity contribution in [1.82, 2.24) is 15.6 Å². The zero-order valence-corrected chi connectivity index (χ0v) is 18.0. The number of guanidine groups is 1. The highest BCUT2D eigenvalue weighted by Crippen LogP contribution is 2.51. The molecule has 0 amide bonds. The number of hydrogen-bond donors (Lipinski definition) is 2. The first kappa shape index (κ1) is 21.5. The molecule has 1 fully saturated rings. The summed E-state index contributed by atoms with van der Waals surface area (Å²) >= 11 is 1.96. The van der Waals surface area contributed by atoms with E-state index in [1.54, 1.807) is 13.3 Å². The molecule has 1 saturated carbocycles. The number of nitrogens with one attached hydrogen (secondary N) is 2. The summed E-state index contributed by atoms with van der Waals surface area (Å²) in [6.45, 7) is 5.29. The number of rotatable bonds is 11. The Morgan fingerprint density at radius 1 is 1.14 bits per heavy atom. The van der Waals surface area contributed by atoms with Crippen molar-refractivity contribution >= 4 is 17.7 Å². The van der Waals surface area contributed by atoms with Crippen LogP contribution in [-0.2, 0) is 11.3 Å². The fourth-order valence-corrected chi connectivity index (χ4v) is 4.08. The molecule has 3 rings (SSSR count). The summed E-state index contributed by atoms with van der Waals surface area (Å²) in [5.74, 6) is 1.43. The lowest BCUT2D eigenvalue weighted by molar-refractivity contribution is 0.143. The monoisotopic (exact) mass is 414 g/mol. The van der Waals surface area contributed by atoms with Crippen LogP contribution in [0, 0.1) is 0 Å². The van der Waals surface area contributed by atoms with Crippen LogP contribution < -0.4 is 15.4 Å². The highest BCUT2D eigenvalue weighted by molar-refractivity contribution is 8.01. The van der Waals surface area contributed by atoms with Crippen molar-refractivity contribution in [2.45, 2.75) is 36.0 Å². The molecule has 0 aliphatic heterocycles. The van der Waals surface area contributed by atoms with E-state index < -0.39 is 0 Å². The van der Waals surface area contributed by atoms with E-state index in [1.807, 2.05) is 23.9 Å². The number of aromatic nitrogens is 1. The summed E-state index contributed by atoms with van der Waals surface area (Å²) in [6.07, 6.45) is 4.18. The summed E-state index contributed by atoms with van der Waals surface area (Å²) in [4.78, 5) is 10.4. The average Bonchev–Trinajstić information content (AvgIpc) is 3.51. The quantitative estimate of drug-likeness (QED) is 0.333. The standard InChI is InChI=1S/C22H30N4O2S/c1-3-23-21(25-16-18-8-7-13-24-20(18)28-15-14-27-2)26-17-22(11-12-22)29-19-9-5-4-6-10-19/h4-10,13H,3,11-12,14-17H2,1-2H3,(H2,23,25,26). The molecule has 0 saturated heterocycles. The van der Waals surface area contributed by atoms with Crippen LogP contribution in [0.25, 0.3) is 0 Å². The molecule has 1 aliphatic rings. The first-order chi connectivity index (χ1) is 14.2. The second-order valence-corrected chi connectivity index (χ2v) is 8.50. The normalized spacial score (nSPS) is 15.0. The van der Waals surface area contributed by atoms with Crippen LogP contribution in [0.4, 0.5) is 0 Å². The zero-order valence-electron chi connectivity index (χ0n) is 17.2. The maximum Gasteiger partial charge on any atom is 0.218 e. The lowest BCUT2D eigenvalue weighted by Gasteiger charge is -2.18. The van der Waals surface area contributed by atoms with Gasteiger partial charge in [0.25, 0.3) is 0 Å². The third kappa shape index (κ3) is 6.94. The van der Waals surface area contributed by atoms with Gasteiger partial charge in [-0.25, -0.2) is 9.98 Å². The molecule has 1 aromatic carbocycles. The Morgan fingerprint density at radius 2 is 1.97 bits per heavy atom. The number of thioether (sulfide) groups is 1. The molecule has 0 bridgehead atoms. The van der Waals surface area contributed by atoms with Gasteiger partial charge in [-0.15, -0.1) is 11.8 Å². The van der Waals surface area contributed by atoms with Gasteiger partial charge in [0.15, 0.2) is 5.96 Å². The largest absolute Gasteiger partial charge is 0.475 e. The van der Waals surface area contributed by atoms with Crippen molar-refractivity contribution in [3.63, 3.8) is 0 Å². The summed E-state index contributed by atoms with van der Waals surface area (Å²) in [6, 6.07) is 14.5. The van der Waals surface area contributed by atoms with Gasteiger partial charge in [-0.1, -0.05) is 24.3 Å². The Hall–Kier alpha value is -2.25. The number of benzene rings is 1. The van der Waals surface area contributed by atoms with Crippen molar-refractivity contribution < 1.29 is 9.47 Å². The van der Waals surface area contributed by atoms with Crippen LogP contribution in [0.5, 0.6) is 5.88 Å². The van der Waals surface area contributed by atoms with Crippen LogP contribution in [0.15, 0.2) is 58.5 Å². The molecule has 1 aliphatic carbocycles. The molecule has 0 unspecified atom stereocenters. The Bertz CT molecular complexity index is 781. The van der Waals surface area contributed by atoms with Gasteiger partial charge in [0, 0.05) is 41.6 Å². The van der Waals surface area contributed by atoms with Gasteiger partial charge in [-0.05, 0) is 38.0 Å². The van der Waals surface area contributed by atoms with Crippen LogP contribution in [-0.4, -0.2) is 49.1 Å². The van der Waals surface area contributed by atoms with E-state index in [0.717, 1.165) is 24.6 Å². The van der Waals surface area contributed by atoms with Crippen LogP contribution in [0.3, 0.4) is 0 Å². The lowest BCUT2D eigenvalue weighted by atomic mass is 10.3. The molecular formula is C22H30N4O2S. The van der Waals surface area contributed by atoms with E-state index >= 15 is 0 Å². The molecular weight excluding hydrogens is 384 g/mol. The lowest BCUT2D eigenvalue weighted by Crippen LogP contribution is -2.41. The van der Waals surface area contributed by atoms with E-state index in [-0.39, 0.29) is 4.75 Å². The zero-order chi connectivity index (χ0) is 20.4. The van der Waals surface area contributed by atoms with Gasteiger partial charge in [0.05, 0.1) is 13.2 Å². The molecule has 156 valence electrons. The minimum absolute atomic E-state index is 0.264. The van der Waals surface area contributed by atoms with Gasteiger partial charge in [-0.3, -0.25) is 0 Å². The third-order valence-electron chi connectivity index (χ3n) is 4.59. The molecule has 1 heterocycles. The van der Waals surface area contributed by atoms with Gasteiger partial charge < -0.3 is 20.1 Å². The van der Waals surface area contributed by atoms with Crippen LogP contribution in [0.1, 0.15) is 25.3 Å². The Morgan fingerprint density at radius 3 is 2.69 bits per heavy atom. The fourth-order valence-electron chi connectivity index (χ4n) is 2.84. The topological polar surface area (TPSA) is 67.8 Å². The van der Waals surface area contributed by atoms with Crippen molar-refractivity contribution in [2.75, 3.05) is 33.4 Å². The molecule has 29 heavy (non-hydrogen) atoms. The number of methoxy groups -OCH3 is 1. The van der Waals surface area contributed by atoms with Crippen LogP contribution in [0.2, 0.25) is 0 Å². The summed E-state index contributed by atoms with van der Waals surface area (Å²) < 4.78 is 11.0. The number of aliphatic imine (C=N–C) groups is 1. The summed E-state index contributed by atoms with van der Waals surface area (Å²) in [5, 5.41) is 6.86. The van der Waals surface area contributed by atoms with E-state index in [0.29, 0.717) is 25.6 Å². The average molecular weight is 415 g/mol. The summed E-state index contributed by atoms with van der Waals surface area (Å²) in [5.41, 5.74) is 0.959. The molecule has 7 heteroatoms. The predicted molar refractivity (Wildman–Crippen MR) is 119 cm³/mol. The van der Waals surface area contributed by atoms with Crippen molar-refractivity contribution in [3.05, 3.63) is 54.2 Å². The maximum atomic E-state index is 5.71. The van der Waals surface area contributed by atoms with Gasteiger partial charge >= 0.3 is 0 Å². The number of nitrogens with zero attached hydrogens (tertiary/aromatic N) is 2. The van der Waals surface area contributed by atoms with Crippen molar-refractivity contribution in [1.29, 1.82) is 0 Å². The second-order valence-electron chi connectivity index (χ2n) is 6.96. The number of ether oxygens (including phenoxy) is 2. The van der Waals surface area contributed by atoms with Crippen molar-refractivity contribution in [2.24, 2.45) is 4.99 Å². The number of pyridine rings is 1. The number of hydrogen-bond acceptors (Lipinski definition) is 5. The Kier molecular flexibility index (Phi) is 8.19. The van der Waals surface area contributed by atoms with Crippen LogP contribution >= 0.6 is 11.8 Å². The van der Waals surface area contributed by atoms with Gasteiger partial charge in [0.1, 0.15) is 6.61 Å². The smallest absolute Gasteiger partial charge is 0.218 e. The van der Waals surface area contributed by atoms with E-state index in [1.165, 1.54) is 17.7 Å². The molecule has 6 nitrogen and oxygen atoms in total. The van der Waals surface area contributed by atoms with Gasteiger partial charge in [-0.2, -0.15) is 0 Å². The molecule has 1 aromatic heterocycles. The molecule has 2 aromatic rings. The highest BCUT2D eigenvalue weighted by Gasteiger charge is 2.43. The van der Waals surface area contributed by atoms with E-state index in [9.17, 15) is 0 Å². The molecule has 2 N–H and O–H groups in total. The van der Waals surface area contributed by atoms with Gasteiger partial charge in [0.2, 0.25) is 5.88 Å². The second kappa shape index (κ2) is 11.1. The van der Waals surface area contributed by atoms with E-state index in [2.05, 4.69) is 52.9 Å². The first-order valence-corrected chi connectivity index (χ1v) is 10.9. The SMILES string of the molecule is CCNC(=NCc1cccnc1OCCOC)NCC1(Sc2ccccc2)CC1. The molecule has 0 spiro atoms. The first-order valence-electron chi connectivity index (χ1n) is 10.1. The Labute approximate surface area is 177 Å². The Balaban J connectivity index is 1.58. The van der Waals surface area contributed by atoms with Crippen molar-refractivity contribution in [3.8, 4) is 5.88 Å². The molecule has 0 atom stereocenters.